The first-order valence-electron chi connectivity index (χ1n) is 21.3. The molecule has 62 heavy (non-hydrogen) atoms. The molecule has 0 saturated heterocycles. The van der Waals surface area contributed by atoms with Gasteiger partial charge in [-0.1, -0.05) is 6.92 Å². The van der Waals surface area contributed by atoms with E-state index in [1.807, 2.05) is 18.7 Å². The molecule has 17 atom stereocenters. The van der Waals surface area contributed by atoms with Gasteiger partial charge in [-0.2, -0.15) is 0 Å². The van der Waals surface area contributed by atoms with Crippen LogP contribution in [-0.4, -0.2) is 312 Å². The van der Waals surface area contributed by atoms with E-state index in [4.69, 9.17) is 15.3 Å². The van der Waals surface area contributed by atoms with E-state index in [0.29, 0.717) is 38.9 Å². The van der Waals surface area contributed by atoms with Crippen molar-refractivity contribution in [2.45, 2.75) is 150 Å². The first-order valence-corrected chi connectivity index (χ1v) is 21.3. The lowest BCUT2D eigenvalue weighted by Gasteiger charge is -2.34. The Bertz CT molecular complexity index is 1060. The Kier molecular flexibility index (Phi) is 33.0. The Hall–Kier alpha value is -0.960. The molecule has 21 N–H and O–H groups in total. The second-order valence-corrected chi connectivity index (χ2v) is 16.2. The maximum Gasteiger partial charge on any atom is 0.111 e. The summed E-state index contributed by atoms with van der Waals surface area (Å²) in [5.41, 5.74) is 0. The predicted molar refractivity (Wildman–Crippen MR) is 220 cm³/mol. The standard InChI is InChI=1S/C38H82N4O20/c1-3-22(2)39-8-6-11-40(14-23(47)31(55)35(59)27(51)18-43)9-4-5-10-41(15-24(48)32(56)36(60)28(52)19-44)12-7-13-42(16-25(49)33(57)37(61)29(53)20-45)17-26(50)34(58)38(62)30(54)21-46/h22-39,43-62H,3-21H2,1-2H3. The highest BCUT2D eigenvalue weighted by atomic mass is 16.4. The van der Waals surface area contributed by atoms with Gasteiger partial charge in [-0.25, -0.2) is 0 Å². The monoisotopic (exact) mass is 915 g/mol. The van der Waals surface area contributed by atoms with Crippen molar-refractivity contribution in [3.8, 4) is 0 Å². The van der Waals surface area contributed by atoms with E-state index in [9.17, 15) is 86.8 Å². The number of unbranched alkanes of at least 4 members (excludes halogenated alkanes) is 1. The zero-order valence-electron chi connectivity index (χ0n) is 36.0. The number of hydrogen-bond donors (Lipinski definition) is 21. The summed E-state index contributed by atoms with van der Waals surface area (Å²) in [5, 5.41) is 205. The minimum atomic E-state index is -2.00. The van der Waals surface area contributed by atoms with Crippen LogP contribution in [-0.2, 0) is 0 Å². The fraction of sp³-hybridized carbons (Fsp3) is 1.00. The van der Waals surface area contributed by atoms with Crippen LogP contribution in [0.2, 0.25) is 0 Å². The number of hydrogen-bond acceptors (Lipinski definition) is 24. The number of nitrogens with zero attached hydrogens (tertiary/aromatic N) is 3. The minimum absolute atomic E-state index is 0.0681. The van der Waals surface area contributed by atoms with Crippen LogP contribution in [0.5, 0.6) is 0 Å². The molecule has 0 rings (SSSR count). The van der Waals surface area contributed by atoms with Crippen LogP contribution in [0.4, 0.5) is 0 Å². The van der Waals surface area contributed by atoms with Gasteiger partial charge in [0.2, 0.25) is 0 Å². The summed E-state index contributed by atoms with van der Waals surface area (Å²) in [6.45, 7) is 0.654. The van der Waals surface area contributed by atoms with Gasteiger partial charge in [0.1, 0.15) is 73.2 Å². The smallest absolute Gasteiger partial charge is 0.111 e. The molecule has 374 valence electrons. The van der Waals surface area contributed by atoms with Crippen LogP contribution in [0.1, 0.15) is 46.0 Å². The normalized spacial score (nSPS) is 21.0. The summed E-state index contributed by atoms with van der Waals surface area (Å²) in [6.07, 6.45) is -26.8. The number of rotatable bonds is 39. The Morgan fingerprint density at radius 2 is 0.581 bits per heavy atom. The van der Waals surface area contributed by atoms with E-state index in [0.717, 1.165) is 6.42 Å². The average molecular weight is 915 g/mol. The van der Waals surface area contributed by atoms with E-state index in [1.54, 1.807) is 4.90 Å². The van der Waals surface area contributed by atoms with Crippen LogP contribution in [0.3, 0.4) is 0 Å². The molecule has 0 aromatic carbocycles. The summed E-state index contributed by atoms with van der Waals surface area (Å²) >= 11 is 0. The molecule has 0 aromatic heterocycles. The van der Waals surface area contributed by atoms with Gasteiger partial charge >= 0.3 is 0 Å². The van der Waals surface area contributed by atoms with Crippen LogP contribution in [0.25, 0.3) is 0 Å². The molecule has 0 spiro atoms. The predicted octanol–water partition coefficient (Wildman–Crippen LogP) is -10.4. The second kappa shape index (κ2) is 33.5. The Balaban J connectivity index is 6.17. The average Bonchev–Trinajstić information content (AvgIpc) is 3.27. The number of aliphatic hydroxyl groups excluding tert-OH is 20. The minimum Gasteiger partial charge on any atom is -0.394 e. The first-order chi connectivity index (χ1) is 29.1. The van der Waals surface area contributed by atoms with Gasteiger partial charge in [-0.3, -0.25) is 4.90 Å². The second-order valence-electron chi connectivity index (χ2n) is 16.2. The largest absolute Gasteiger partial charge is 0.394 e. The van der Waals surface area contributed by atoms with Crippen molar-refractivity contribution in [1.82, 2.24) is 20.0 Å². The molecule has 24 heteroatoms. The van der Waals surface area contributed by atoms with Crippen molar-refractivity contribution in [2.24, 2.45) is 0 Å². The molecule has 0 bridgehead atoms. The van der Waals surface area contributed by atoms with Crippen molar-refractivity contribution >= 4 is 0 Å². The van der Waals surface area contributed by atoms with E-state index >= 15 is 0 Å². The van der Waals surface area contributed by atoms with Crippen LogP contribution >= 0.6 is 0 Å². The Labute approximate surface area is 363 Å². The van der Waals surface area contributed by atoms with Crippen LogP contribution < -0.4 is 5.32 Å². The highest BCUT2D eigenvalue weighted by Crippen LogP contribution is 2.14. The summed E-state index contributed by atoms with van der Waals surface area (Å²) < 4.78 is 0. The molecule has 0 amide bonds. The highest BCUT2D eigenvalue weighted by Gasteiger charge is 2.36. The fourth-order valence-corrected chi connectivity index (χ4v) is 6.57. The van der Waals surface area contributed by atoms with Gasteiger partial charge in [-0.15, -0.1) is 0 Å². The van der Waals surface area contributed by atoms with Crippen LogP contribution in [0.15, 0.2) is 0 Å². The van der Waals surface area contributed by atoms with Gasteiger partial charge < -0.3 is 117 Å². The molecule has 0 fully saturated rings. The topological polar surface area (TPSA) is 426 Å². The molecule has 0 aliphatic heterocycles. The van der Waals surface area contributed by atoms with Crippen LogP contribution in [0, 0.1) is 0 Å². The van der Waals surface area contributed by atoms with Crippen molar-refractivity contribution in [3.05, 3.63) is 0 Å². The molecule has 0 aliphatic rings. The van der Waals surface area contributed by atoms with Crippen molar-refractivity contribution in [2.75, 3.05) is 91.9 Å². The lowest BCUT2D eigenvalue weighted by molar-refractivity contribution is -0.130. The Morgan fingerprint density at radius 3 is 0.871 bits per heavy atom. The quantitative estimate of drug-likeness (QED) is 0.0255. The summed E-state index contributed by atoms with van der Waals surface area (Å²) in [4.78, 5) is 4.80. The van der Waals surface area contributed by atoms with Crippen molar-refractivity contribution in [3.63, 3.8) is 0 Å². The Morgan fingerprint density at radius 1 is 0.339 bits per heavy atom. The lowest BCUT2D eigenvalue weighted by atomic mass is 10.0. The summed E-state index contributed by atoms with van der Waals surface area (Å²) in [6, 6.07) is 0.261. The van der Waals surface area contributed by atoms with E-state index in [1.165, 1.54) is 4.90 Å². The molecule has 0 radical (unpaired) electrons. The molecule has 0 saturated carbocycles. The van der Waals surface area contributed by atoms with Gasteiger partial charge in [0, 0.05) is 32.2 Å². The van der Waals surface area contributed by atoms with Gasteiger partial charge in [0.15, 0.2) is 0 Å². The molecular formula is C38H82N4O20. The molecule has 0 aliphatic carbocycles. The fourth-order valence-electron chi connectivity index (χ4n) is 6.57. The third kappa shape index (κ3) is 23.0. The van der Waals surface area contributed by atoms with Gasteiger partial charge in [0.05, 0.1) is 50.8 Å². The number of nitrogens with one attached hydrogen (secondary N) is 1. The molecule has 0 heterocycles. The summed E-state index contributed by atoms with van der Waals surface area (Å²) in [7, 11) is 0. The van der Waals surface area contributed by atoms with Crippen molar-refractivity contribution < 1.29 is 102 Å². The SMILES string of the molecule is CCC(C)NCCCN(CCCCN(CCCN(CC(O)C(O)C(O)C(O)CO)CC(O)C(O)C(O)C(O)CO)CC(O)C(O)C(O)C(O)CO)CC(O)C(O)C(O)C(O)CO. The molecular weight excluding hydrogens is 832 g/mol. The maximum absolute atomic E-state index is 10.9. The third-order valence-corrected chi connectivity index (χ3v) is 11.0. The number of aliphatic hydroxyl groups is 20. The lowest BCUT2D eigenvalue weighted by Crippen LogP contribution is -2.53. The highest BCUT2D eigenvalue weighted by molar-refractivity contribution is 4.87. The summed E-state index contributed by atoms with van der Waals surface area (Å²) in [5.74, 6) is 0. The maximum atomic E-state index is 10.9. The molecule has 24 nitrogen and oxygen atoms in total. The van der Waals surface area contributed by atoms with E-state index in [2.05, 4.69) is 5.32 Å². The van der Waals surface area contributed by atoms with Gasteiger partial charge in [-0.05, 0) is 78.3 Å². The van der Waals surface area contributed by atoms with E-state index < -0.39 is 137 Å². The van der Waals surface area contributed by atoms with Gasteiger partial charge in [0.25, 0.3) is 0 Å². The zero-order valence-corrected chi connectivity index (χ0v) is 36.0. The molecule has 0 aromatic rings. The molecule has 17 unspecified atom stereocenters. The van der Waals surface area contributed by atoms with Crippen molar-refractivity contribution in [1.29, 1.82) is 0 Å². The third-order valence-electron chi connectivity index (χ3n) is 11.0. The zero-order chi connectivity index (χ0) is 47.7. The first kappa shape index (κ1) is 61.0. The van der Waals surface area contributed by atoms with E-state index in [-0.39, 0.29) is 45.2 Å².